The summed E-state index contributed by atoms with van der Waals surface area (Å²) in [6.45, 7) is 5.78. The van der Waals surface area contributed by atoms with Crippen molar-refractivity contribution in [1.29, 1.82) is 0 Å². The SMILES string of the molecule is C=C(N)CCCCC. The molecule has 0 aromatic rings. The van der Waals surface area contributed by atoms with Crippen LogP contribution in [-0.4, -0.2) is 0 Å². The summed E-state index contributed by atoms with van der Waals surface area (Å²) in [5, 5.41) is 0. The fourth-order valence-corrected chi connectivity index (χ4v) is 0.602. The van der Waals surface area contributed by atoms with Crippen molar-refractivity contribution < 1.29 is 0 Å². The van der Waals surface area contributed by atoms with Crippen LogP contribution in [-0.2, 0) is 0 Å². The van der Waals surface area contributed by atoms with Gasteiger partial charge in [0.25, 0.3) is 0 Å². The number of nitrogens with two attached hydrogens (primary N) is 1. The fraction of sp³-hybridized carbons (Fsp3) is 0.714. The average molecular weight is 113 g/mol. The Kier molecular flexibility index (Phi) is 4.42. The van der Waals surface area contributed by atoms with E-state index in [4.69, 9.17) is 5.73 Å². The molecule has 0 heterocycles. The maximum absolute atomic E-state index is 5.34. The molecule has 0 aromatic heterocycles. The smallest absolute Gasteiger partial charge is 0.000744 e. The van der Waals surface area contributed by atoms with Gasteiger partial charge in [-0.25, -0.2) is 0 Å². The molecule has 0 saturated heterocycles. The molecule has 1 heteroatoms. The molecule has 0 aliphatic rings. The zero-order valence-electron chi connectivity index (χ0n) is 5.61. The first-order chi connectivity index (χ1) is 3.77. The average Bonchev–Trinajstić information content (AvgIpc) is 1.66. The maximum Gasteiger partial charge on any atom is 0.000744 e. The minimum Gasteiger partial charge on any atom is -0.403 e. The molecule has 0 bridgehead atoms. The van der Waals surface area contributed by atoms with E-state index in [-0.39, 0.29) is 0 Å². The monoisotopic (exact) mass is 113 g/mol. The summed E-state index contributed by atoms with van der Waals surface area (Å²) >= 11 is 0. The van der Waals surface area contributed by atoms with Gasteiger partial charge in [0.15, 0.2) is 0 Å². The molecule has 0 unspecified atom stereocenters. The predicted molar refractivity (Wildman–Crippen MR) is 37.5 cm³/mol. The zero-order chi connectivity index (χ0) is 6.41. The van der Waals surface area contributed by atoms with Gasteiger partial charge in [-0.2, -0.15) is 0 Å². The second-order valence-electron chi connectivity index (χ2n) is 2.12. The van der Waals surface area contributed by atoms with Crippen LogP contribution in [0.2, 0.25) is 0 Å². The molecular formula is C7H15N. The van der Waals surface area contributed by atoms with Crippen molar-refractivity contribution in [3.63, 3.8) is 0 Å². The van der Waals surface area contributed by atoms with Gasteiger partial charge in [0.1, 0.15) is 0 Å². The van der Waals surface area contributed by atoms with Crippen LogP contribution in [0.25, 0.3) is 0 Å². The lowest BCUT2D eigenvalue weighted by atomic mass is 10.2. The van der Waals surface area contributed by atoms with Gasteiger partial charge in [-0.1, -0.05) is 26.3 Å². The van der Waals surface area contributed by atoms with Crippen LogP contribution < -0.4 is 5.73 Å². The minimum atomic E-state index is 0.818. The standard InChI is InChI=1S/C7H15N/c1-3-4-5-6-7(2)8/h2-6,8H2,1H3. The Morgan fingerprint density at radius 3 is 2.50 bits per heavy atom. The van der Waals surface area contributed by atoms with Crippen LogP contribution in [0.3, 0.4) is 0 Å². The molecule has 48 valence electrons. The summed E-state index contributed by atoms with van der Waals surface area (Å²) in [4.78, 5) is 0. The van der Waals surface area contributed by atoms with E-state index in [1.54, 1.807) is 0 Å². The molecule has 0 atom stereocenters. The summed E-state index contributed by atoms with van der Waals surface area (Å²) < 4.78 is 0. The summed E-state index contributed by atoms with van der Waals surface area (Å²) in [6, 6.07) is 0. The number of allylic oxidation sites excluding steroid dienone is 1. The third kappa shape index (κ3) is 5.54. The molecule has 0 radical (unpaired) electrons. The molecule has 0 saturated carbocycles. The van der Waals surface area contributed by atoms with Crippen LogP contribution >= 0.6 is 0 Å². The Morgan fingerprint density at radius 1 is 1.50 bits per heavy atom. The maximum atomic E-state index is 5.34. The molecular weight excluding hydrogens is 98.1 g/mol. The summed E-state index contributed by atoms with van der Waals surface area (Å²) in [7, 11) is 0. The van der Waals surface area contributed by atoms with E-state index < -0.39 is 0 Å². The Labute approximate surface area is 51.6 Å². The molecule has 2 N–H and O–H groups in total. The molecule has 0 fully saturated rings. The van der Waals surface area contributed by atoms with E-state index in [9.17, 15) is 0 Å². The van der Waals surface area contributed by atoms with Gasteiger partial charge < -0.3 is 5.73 Å². The summed E-state index contributed by atoms with van der Waals surface area (Å²) in [5.74, 6) is 0. The van der Waals surface area contributed by atoms with Crippen LogP contribution in [0.5, 0.6) is 0 Å². The highest BCUT2D eigenvalue weighted by Gasteiger charge is 1.84. The van der Waals surface area contributed by atoms with Crippen molar-refractivity contribution >= 4 is 0 Å². The van der Waals surface area contributed by atoms with Gasteiger partial charge in [0.05, 0.1) is 0 Å². The van der Waals surface area contributed by atoms with E-state index in [2.05, 4.69) is 13.5 Å². The second-order valence-corrected chi connectivity index (χ2v) is 2.12. The van der Waals surface area contributed by atoms with Crippen LogP contribution in [0, 0.1) is 0 Å². The highest BCUT2D eigenvalue weighted by Crippen LogP contribution is 2.01. The van der Waals surface area contributed by atoms with Crippen molar-refractivity contribution in [2.45, 2.75) is 32.6 Å². The molecule has 0 aliphatic heterocycles. The molecule has 1 nitrogen and oxygen atoms in total. The first-order valence-corrected chi connectivity index (χ1v) is 3.20. The van der Waals surface area contributed by atoms with E-state index in [1.165, 1.54) is 19.3 Å². The van der Waals surface area contributed by atoms with Gasteiger partial charge in [0, 0.05) is 5.70 Å². The van der Waals surface area contributed by atoms with Crippen LogP contribution in [0.15, 0.2) is 12.3 Å². The molecule has 0 aromatic carbocycles. The van der Waals surface area contributed by atoms with Crippen molar-refractivity contribution in [2.24, 2.45) is 5.73 Å². The Bertz CT molecular complexity index is 66.8. The van der Waals surface area contributed by atoms with Crippen molar-refractivity contribution in [3.05, 3.63) is 12.3 Å². The Balaban J connectivity index is 2.82. The highest BCUT2D eigenvalue weighted by atomic mass is 14.5. The van der Waals surface area contributed by atoms with Crippen LogP contribution in [0.4, 0.5) is 0 Å². The van der Waals surface area contributed by atoms with Gasteiger partial charge in [0.2, 0.25) is 0 Å². The van der Waals surface area contributed by atoms with Crippen LogP contribution in [0.1, 0.15) is 32.6 Å². The first kappa shape index (κ1) is 7.54. The van der Waals surface area contributed by atoms with Crippen molar-refractivity contribution in [3.8, 4) is 0 Å². The van der Waals surface area contributed by atoms with Gasteiger partial charge in [-0.05, 0) is 12.8 Å². The molecule has 0 amide bonds. The van der Waals surface area contributed by atoms with E-state index in [0.29, 0.717) is 0 Å². The largest absolute Gasteiger partial charge is 0.403 e. The highest BCUT2D eigenvalue weighted by molar-refractivity contribution is 4.84. The third-order valence-electron chi connectivity index (χ3n) is 1.10. The van der Waals surface area contributed by atoms with Gasteiger partial charge in [-0.3, -0.25) is 0 Å². The third-order valence-corrected chi connectivity index (χ3v) is 1.10. The molecule has 0 aliphatic carbocycles. The van der Waals surface area contributed by atoms with E-state index >= 15 is 0 Å². The van der Waals surface area contributed by atoms with Crippen molar-refractivity contribution in [1.82, 2.24) is 0 Å². The van der Waals surface area contributed by atoms with Gasteiger partial charge >= 0.3 is 0 Å². The number of hydrogen-bond acceptors (Lipinski definition) is 1. The number of unbranched alkanes of at least 4 members (excludes halogenated alkanes) is 2. The van der Waals surface area contributed by atoms with Crippen molar-refractivity contribution in [2.75, 3.05) is 0 Å². The molecule has 0 spiro atoms. The lowest BCUT2D eigenvalue weighted by molar-refractivity contribution is 0.711. The minimum absolute atomic E-state index is 0.818. The van der Waals surface area contributed by atoms with Gasteiger partial charge in [-0.15, -0.1) is 0 Å². The topological polar surface area (TPSA) is 26.0 Å². The zero-order valence-corrected chi connectivity index (χ0v) is 5.61. The number of hydrogen-bond donors (Lipinski definition) is 1. The second kappa shape index (κ2) is 4.69. The normalized spacial score (nSPS) is 9.12. The summed E-state index contributed by atoms with van der Waals surface area (Å²) in [5.41, 5.74) is 6.16. The Morgan fingerprint density at radius 2 is 2.12 bits per heavy atom. The fourth-order valence-electron chi connectivity index (χ4n) is 0.602. The predicted octanol–water partition coefficient (Wildman–Crippen LogP) is 2.04. The molecule has 8 heavy (non-hydrogen) atoms. The molecule has 0 rings (SSSR count). The summed E-state index contributed by atoms with van der Waals surface area (Å²) in [6.07, 6.45) is 4.73. The Hall–Kier alpha value is -0.460. The quantitative estimate of drug-likeness (QED) is 0.555. The lowest BCUT2D eigenvalue weighted by Crippen LogP contribution is -1.93. The van der Waals surface area contributed by atoms with E-state index in [0.717, 1.165) is 12.1 Å². The van der Waals surface area contributed by atoms with E-state index in [1.807, 2.05) is 0 Å². The lowest BCUT2D eigenvalue weighted by Gasteiger charge is -1.95. The first-order valence-electron chi connectivity index (χ1n) is 3.20. The number of rotatable bonds is 4.